The van der Waals surface area contributed by atoms with Gasteiger partial charge in [0.2, 0.25) is 0 Å². The third-order valence-corrected chi connectivity index (χ3v) is 2.62. The Kier molecular flexibility index (Phi) is 5.62. The highest BCUT2D eigenvalue weighted by atomic mass is 19.4. The van der Waals surface area contributed by atoms with E-state index < -0.39 is 11.7 Å². The maximum Gasteiger partial charge on any atom is 0.416 e. The summed E-state index contributed by atoms with van der Waals surface area (Å²) in [4.78, 5) is 2.02. The van der Waals surface area contributed by atoms with Gasteiger partial charge in [0.05, 0.1) is 12.2 Å². The average molecular weight is 276 g/mol. The fourth-order valence-corrected chi connectivity index (χ4v) is 1.68. The zero-order valence-electron chi connectivity index (χ0n) is 11.1. The molecule has 0 amide bonds. The first kappa shape index (κ1) is 15.8. The number of rotatable bonds is 6. The molecule has 0 heterocycles. The summed E-state index contributed by atoms with van der Waals surface area (Å²) in [5, 5.41) is 0. The normalized spacial score (nSPS) is 11.9. The van der Waals surface area contributed by atoms with Crippen LogP contribution in [0, 0.1) is 0 Å². The molecule has 1 aromatic carbocycles. The molecule has 0 aliphatic carbocycles. The van der Waals surface area contributed by atoms with Crippen molar-refractivity contribution in [2.45, 2.75) is 19.1 Å². The molecule has 0 aromatic heterocycles. The quantitative estimate of drug-likeness (QED) is 0.811. The number of benzene rings is 1. The van der Waals surface area contributed by atoms with E-state index in [1.807, 2.05) is 19.0 Å². The maximum absolute atomic E-state index is 12.7. The van der Waals surface area contributed by atoms with E-state index in [9.17, 15) is 13.2 Å². The van der Waals surface area contributed by atoms with Crippen LogP contribution in [0.4, 0.5) is 13.2 Å². The van der Waals surface area contributed by atoms with Crippen LogP contribution in [-0.4, -0.2) is 32.1 Å². The van der Waals surface area contributed by atoms with Crippen molar-refractivity contribution in [3.8, 4) is 5.75 Å². The monoisotopic (exact) mass is 276 g/mol. The highest BCUT2D eigenvalue weighted by Crippen LogP contribution is 2.33. The second-order valence-corrected chi connectivity index (χ2v) is 4.53. The highest BCUT2D eigenvalue weighted by molar-refractivity contribution is 5.37. The molecule has 1 aromatic rings. The Morgan fingerprint density at radius 3 is 2.47 bits per heavy atom. The molecule has 0 bridgehead atoms. The molecule has 0 radical (unpaired) electrons. The number of hydrogen-bond donors (Lipinski definition) is 1. The largest absolute Gasteiger partial charge is 0.494 e. The molecule has 0 aliphatic rings. The van der Waals surface area contributed by atoms with Crippen molar-refractivity contribution in [2.24, 2.45) is 5.73 Å². The van der Waals surface area contributed by atoms with E-state index in [0.717, 1.165) is 19.0 Å². The summed E-state index contributed by atoms with van der Waals surface area (Å²) in [6.45, 7) is 1.17. The first-order valence-corrected chi connectivity index (χ1v) is 6.02. The Morgan fingerprint density at radius 2 is 1.95 bits per heavy atom. The molecule has 2 N–H and O–H groups in total. The fourth-order valence-electron chi connectivity index (χ4n) is 1.68. The van der Waals surface area contributed by atoms with Crippen molar-refractivity contribution < 1.29 is 17.9 Å². The van der Waals surface area contributed by atoms with Gasteiger partial charge >= 0.3 is 6.18 Å². The van der Waals surface area contributed by atoms with E-state index in [2.05, 4.69) is 0 Å². The molecule has 108 valence electrons. The lowest BCUT2D eigenvalue weighted by Gasteiger charge is -2.14. The molecule has 0 spiro atoms. The number of hydrogen-bond acceptors (Lipinski definition) is 3. The zero-order chi connectivity index (χ0) is 14.5. The van der Waals surface area contributed by atoms with Crippen molar-refractivity contribution in [1.29, 1.82) is 0 Å². The summed E-state index contributed by atoms with van der Waals surface area (Å²) in [5.74, 6) is 0.423. The topological polar surface area (TPSA) is 38.5 Å². The van der Waals surface area contributed by atoms with E-state index in [1.54, 1.807) is 0 Å². The zero-order valence-corrected chi connectivity index (χ0v) is 11.1. The van der Waals surface area contributed by atoms with Crippen LogP contribution < -0.4 is 10.5 Å². The second kappa shape index (κ2) is 6.77. The number of halogens is 3. The van der Waals surface area contributed by atoms with Gasteiger partial charge in [-0.25, -0.2) is 0 Å². The summed E-state index contributed by atoms with van der Waals surface area (Å²) in [6, 6.07) is 3.71. The summed E-state index contributed by atoms with van der Waals surface area (Å²) in [6.07, 6.45) is -3.57. The number of alkyl halides is 3. The van der Waals surface area contributed by atoms with Crippen LogP contribution in [0.3, 0.4) is 0 Å². The standard InChI is InChI=1S/C13H19F3N2O/c1-18(2)6-3-7-19-11-4-5-12(13(14,15)16)10(8-11)9-17/h4-5,8H,3,6-7,9,17H2,1-2H3. The van der Waals surface area contributed by atoms with Crippen molar-refractivity contribution in [1.82, 2.24) is 4.90 Å². The van der Waals surface area contributed by atoms with Gasteiger partial charge in [0, 0.05) is 13.1 Å². The van der Waals surface area contributed by atoms with E-state index in [4.69, 9.17) is 10.5 Å². The van der Waals surface area contributed by atoms with Gasteiger partial charge in [-0.05, 0) is 44.3 Å². The Bertz CT molecular complexity index is 405. The average Bonchev–Trinajstić information content (AvgIpc) is 2.32. The van der Waals surface area contributed by atoms with Gasteiger partial charge in [0.1, 0.15) is 5.75 Å². The number of nitrogens with zero attached hydrogens (tertiary/aromatic N) is 1. The molecule has 3 nitrogen and oxygen atoms in total. The molecule has 0 atom stereocenters. The Hall–Kier alpha value is -1.27. The van der Waals surface area contributed by atoms with Gasteiger partial charge in [-0.3, -0.25) is 0 Å². The smallest absolute Gasteiger partial charge is 0.416 e. The van der Waals surface area contributed by atoms with Crippen LogP contribution >= 0.6 is 0 Å². The lowest BCUT2D eigenvalue weighted by atomic mass is 10.1. The van der Waals surface area contributed by atoms with Gasteiger partial charge < -0.3 is 15.4 Å². The molecular formula is C13H19F3N2O. The van der Waals surface area contributed by atoms with E-state index in [0.29, 0.717) is 12.4 Å². The lowest BCUT2D eigenvalue weighted by molar-refractivity contribution is -0.138. The number of nitrogens with two attached hydrogens (primary N) is 1. The predicted octanol–water partition coefficient (Wildman–Crippen LogP) is 2.49. The second-order valence-electron chi connectivity index (χ2n) is 4.53. The molecule has 0 fully saturated rings. The minimum absolute atomic E-state index is 0.0533. The minimum Gasteiger partial charge on any atom is -0.494 e. The van der Waals surface area contributed by atoms with Gasteiger partial charge in [-0.2, -0.15) is 13.2 Å². The third kappa shape index (κ3) is 5.08. The van der Waals surface area contributed by atoms with Crippen LogP contribution in [0.2, 0.25) is 0 Å². The van der Waals surface area contributed by atoms with Crippen LogP contribution in [0.1, 0.15) is 17.5 Å². The predicted molar refractivity (Wildman–Crippen MR) is 68.0 cm³/mol. The van der Waals surface area contributed by atoms with Crippen LogP contribution in [0.15, 0.2) is 18.2 Å². The lowest BCUT2D eigenvalue weighted by Crippen LogP contribution is -2.16. The minimum atomic E-state index is -4.38. The first-order valence-electron chi connectivity index (χ1n) is 6.02. The molecule has 19 heavy (non-hydrogen) atoms. The van der Waals surface area contributed by atoms with Crippen LogP contribution in [0.5, 0.6) is 5.75 Å². The molecule has 6 heteroatoms. The summed E-state index contributed by atoms with van der Waals surface area (Å²) in [5.41, 5.74) is 4.70. The molecule has 0 saturated carbocycles. The van der Waals surface area contributed by atoms with Crippen molar-refractivity contribution >= 4 is 0 Å². The van der Waals surface area contributed by atoms with Gasteiger partial charge in [-0.15, -0.1) is 0 Å². The Labute approximate surface area is 111 Å². The molecule has 0 saturated heterocycles. The fraction of sp³-hybridized carbons (Fsp3) is 0.538. The Balaban J connectivity index is 2.67. The highest BCUT2D eigenvalue weighted by Gasteiger charge is 2.32. The van der Waals surface area contributed by atoms with E-state index in [1.165, 1.54) is 12.1 Å². The Morgan fingerprint density at radius 1 is 1.26 bits per heavy atom. The summed E-state index contributed by atoms with van der Waals surface area (Å²) < 4.78 is 43.4. The molecule has 0 unspecified atom stereocenters. The van der Waals surface area contributed by atoms with Crippen molar-refractivity contribution in [3.63, 3.8) is 0 Å². The number of ether oxygens (including phenoxy) is 1. The first-order chi connectivity index (χ1) is 8.84. The third-order valence-electron chi connectivity index (χ3n) is 2.62. The van der Waals surface area contributed by atoms with Gasteiger partial charge in [-0.1, -0.05) is 0 Å². The SMILES string of the molecule is CN(C)CCCOc1ccc(C(F)(F)F)c(CN)c1. The van der Waals surface area contributed by atoms with Crippen molar-refractivity contribution in [2.75, 3.05) is 27.2 Å². The van der Waals surface area contributed by atoms with E-state index >= 15 is 0 Å². The van der Waals surface area contributed by atoms with Gasteiger partial charge in [0.25, 0.3) is 0 Å². The summed E-state index contributed by atoms with van der Waals surface area (Å²) in [7, 11) is 3.90. The van der Waals surface area contributed by atoms with Gasteiger partial charge in [0.15, 0.2) is 0 Å². The van der Waals surface area contributed by atoms with Crippen LogP contribution in [-0.2, 0) is 12.7 Å². The molecule has 0 aliphatic heterocycles. The van der Waals surface area contributed by atoms with E-state index in [-0.39, 0.29) is 12.1 Å². The van der Waals surface area contributed by atoms with Crippen LogP contribution in [0.25, 0.3) is 0 Å². The maximum atomic E-state index is 12.7. The summed E-state index contributed by atoms with van der Waals surface area (Å²) >= 11 is 0. The van der Waals surface area contributed by atoms with Crippen molar-refractivity contribution in [3.05, 3.63) is 29.3 Å². The molecule has 1 rings (SSSR count). The molecular weight excluding hydrogens is 257 g/mol.